The first-order chi connectivity index (χ1) is 13.4. The first-order valence-electron chi connectivity index (χ1n) is 8.71. The number of thiazole rings is 1. The van der Waals surface area contributed by atoms with Gasteiger partial charge < -0.3 is 10.1 Å². The molecule has 0 aliphatic rings. The number of rotatable bonds is 6. The molecule has 1 heterocycles. The molecule has 0 fully saturated rings. The largest absolute Gasteiger partial charge is 0.497 e. The number of ether oxygens (including phenoxy) is 1. The fourth-order valence-electron chi connectivity index (χ4n) is 2.77. The van der Waals surface area contributed by atoms with Gasteiger partial charge in [0.15, 0.2) is 5.13 Å². The van der Waals surface area contributed by atoms with E-state index in [-0.39, 0.29) is 18.2 Å². The maximum atomic E-state index is 12.3. The summed E-state index contributed by atoms with van der Waals surface area (Å²) in [6, 6.07) is 12.7. The van der Waals surface area contributed by atoms with Gasteiger partial charge in [0, 0.05) is 16.6 Å². The van der Waals surface area contributed by atoms with E-state index in [1.54, 1.807) is 36.8 Å². The van der Waals surface area contributed by atoms with E-state index in [0.29, 0.717) is 22.1 Å². The lowest BCUT2D eigenvalue weighted by molar-refractivity contribution is -0.115. The minimum atomic E-state index is -0.261. The van der Waals surface area contributed by atoms with Crippen LogP contribution in [0.2, 0.25) is 0 Å². The van der Waals surface area contributed by atoms with Gasteiger partial charge in [0.25, 0.3) is 5.91 Å². The number of hydrogen-bond donors (Lipinski definition) is 2. The standard InChI is InChI=1S/C21H21N3O3S/c1-13-8-14(2)10-16(9-13)22-19(25)11-17-12-28-21(23-17)24-20(26)15-4-6-18(27-3)7-5-15/h4-10,12H,11H2,1-3H3,(H,22,25)(H,23,24,26). The second-order valence-corrected chi connectivity index (χ2v) is 7.29. The predicted octanol–water partition coefficient (Wildman–Crippen LogP) is 4.20. The molecule has 2 N–H and O–H groups in total. The SMILES string of the molecule is COc1ccc(C(=O)Nc2nc(CC(=O)Nc3cc(C)cc(C)c3)cs2)cc1. The molecular formula is C21H21N3O3S. The number of benzene rings is 2. The molecule has 0 bridgehead atoms. The van der Waals surface area contributed by atoms with Gasteiger partial charge in [-0.25, -0.2) is 4.98 Å². The smallest absolute Gasteiger partial charge is 0.257 e. The first kappa shape index (κ1) is 19.6. The van der Waals surface area contributed by atoms with Crippen LogP contribution in [0.4, 0.5) is 10.8 Å². The van der Waals surface area contributed by atoms with Crippen molar-refractivity contribution in [1.82, 2.24) is 4.98 Å². The number of nitrogens with one attached hydrogen (secondary N) is 2. The van der Waals surface area contributed by atoms with Gasteiger partial charge in [-0.2, -0.15) is 0 Å². The van der Waals surface area contributed by atoms with Gasteiger partial charge in [0.2, 0.25) is 5.91 Å². The summed E-state index contributed by atoms with van der Waals surface area (Å²) >= 11 is 1.29. The molecule has 7 heteroatoms. The van der Waals surface area contributed by atoms with E-state index >= 15 is 0 Å². The van der Waals surface area contributed by atoms with Crippen molar-refractivity contribution in [3.05, 3.63) is 70.2 Å². The van der Waals surface area contributed by atoms with Crippen molar-refractivity contribution < 1.29 is 14.3 Å². The highest BCUT2D eigenvalue weighted by Gasteiger charge is 2.12. The van der Waals surface area contributed by atoms with Crippen LogP contribution in [-0.4, -0.2) is 23.9 Å². The average molecular weight is 395 g/mol. The highest BCUT2D eigenvalue weighted by atomic mass is 32.1. The monoisotopic (exact) mass is 395 g/mol. The number of anilines is 2. The van der Waals surface area contributed by atoms with Crippen molar-refractivity contribution >= 4 is 34.0 Å². The summed E-state index contributed by atoms with van der Waals surface area (Å²) in [6.07, 6.45) is 0.141. The van der Waals surface area contributed by atoms with E-state index in [9.17, 15) is 9.59 Å². The maximum Gasteiger partial charge on any atom is 0.257 e. The molecule has 28 heavy (non-hydrogen) atoms. The molecule has 0 saturated carbocycles. The molecule has 0 unspecified atom stereocenters. The third-order valence-electron chi connectivity index (χ3n) is 3.97. The molecule has 0 aliphatic heterocycles. The Labute approximate surface area is 167 Å². The summed E-state index contributed by atoms with van der Waals surface area (Å²) in [5.41, 5.74) is 4.06. The molecular weight excluding hydrogens is 374 g/mol. The van der Waals surface area contributed by atoms with Crippen LogP contribution in [0.5, 0.6) is 5.75 Å². The van der Waals surface area contributed by atoms with E-state index in [1.807, 2.05) is 32.0 Å². The summed E-state index contributed by atoms with van der Waals surface area (Å²) in [4.78, 5) is 28.9. The maximum absolute atomic E-state index is 12.3. The third-order valence-corrected chi connectivity index (χ3v) is 4.78. The highest BCUT2D eigenvalue weighted by Crippen LogP contribution is 2.19. The van der Waals surface area contributed by atoms with Crippen molar-refractivity contribution in [1.29, 1.82) is 0 Å². The fraction of sp³-hybridized carbons (Fsp3) is 0.190. The number of carbonyl (C=O) groups excluding carboxylic acids is 2. The Hall–Kier alpha value is -3.19. The Kier molecular flexibility index (Phi) is 6.06. The third kappa shape index (κ3) is 5.17. The molecule has 144 valence electrons. The zero-order valence-corrected chi connectivity index (χ0v) is 16.7. The second kappa shape index (κ2) is 8.67. The summed E-state index contributed by atoms with van der Waals surface area (Å²) in [7, 11) is 1.57. The van der Waals surface area contributed by atoms with Crippen molar-refractivity contribution in [2.75, 3.05) is 17.7 Å². The first-order valence-corrected chi connectivity index (χ1v) is 9.59. The van der Waals surface area contributed by atoms with Gasteiger partial charge in [-0.1, -0.05) is 6.07 Å². The quantitative estimate of drug-likeness (QED) is 0.655. The molecule has 0 atom stereocenters. The summed E-state index contributed by atoms with van der Waals surface area (Å²) < 4.78 is 5.08. The molecule has 0 saturated heterocycles. The van der Waals surface area contributed by atoms with Gasteiger partial charge in [-0.3, -0.25) is 14.9 Å². The number of nitrogens with zero attached hydrogens (tertiary/aromatic N) is 1. The van der Waals surface area contributed by atoms with Crippen LogP contribution >= 0.6 is 11.3 Å². The predicted molar refractivity (Wildman–Crippen MR) is 111 cm³/mol. The number of aromatic nitrogens is 1. The van der Waals surface area contributed by atoms with Crippen LogP contribution in [0.25, 0.3) is 0 Å². The molecule has 3 aromatic rings. The minimum Gasteiger partial charge on any atom is -0.497 e. The minimum absolute atomic E-state index is 0.141. The Balaban J connectivity index is 1.58. The molecule has 0 aliphatic carbocycles. The molecule has 3 rings (SSSR count). The van der Waals surface area contributed by atoms with E-state index in [4.69, 9.17) is 4.74 Å². The van der Waals surface area contributed by atoms with E-state index in [0.717, 1.165) is 16.8 Å². The number of methoxy groups -OCH3 is 1. The van der Waals surface area contributed by atoms with Crippen LogP contribution in [0.15, 0.2) is 47.8 Å². The van der Waals surface area contributed by atoms with E-state index in [2.05, 4.69) is 15.6 Å². The van der Waals surface area contributed by atoms with Gasteiger partial charge >= 0.3 is 0 Å². The molecule has 2 aromatic carbocycles. The van der Waals surface area contributed by atoms with E-state index < -0.39 is 0 Å². The molecule has 1 aromatic heterocycles. The lowest BCUT2D eigenvalue weighted by atomic mass is 10.1. The van der Waals surface area contributed by atoms with Gasteiger partial charge in [-0.15, -0.1) is 11.3 Å². The zero-order valence-electron chi connectivity index (χ0n) is 15.9. The highest BCUT2D eigenvalue weighted by molar-refractivity contribution is 7.14. The Morgan fingerprint density at radius 2 is 1.71 bits per heavy atom. The topological polar surface area (TPSA) is 80.3 Å². The molecule has 2 amide bonds. The summed E-state index contributed by atoms with van der Waals surface area (Å²) in [5, 5.41) is 7.86. The lowest BCUT2D eigenvalue weighted by Crippen LogP contribution is -2.15. The van der Waals surface area contributed by atoms with Gasteiger partial charge in [-0.05, 0) is 61.4 Å². The summed E-state index contributed by atoms with van der Waals surface area (Å²) in [5.74, 6) is 0.273. The second-order valence-electron chi connectivity index (χ2n) is 6.43. The average Bonchev–Trinajstić information content (AvgIpc) is 3.07. The fourth-order valence-corrected chi connectivity index (χ4v) is 3.48. The molecule has 0 spiro atoms. The van der Waals surface area contributed by atoms with Crippen LogP contribution < -0.4 is 15.4 Å². The van der Waals surface area contributed by atoms with Gasteiger partial charge in [0.1, 0.15) is 5.75 Å². The van der Waals surface area contributed by atoms with Crippen LogP contribution in [0.3, 0.4) is 0 Å². The number of aryl methyl sites for hydroxylation is 2. The lowest BCUT2D eigenvalue weighted by Gasteiger charge is -2.06. The Morgan fingerprint density at radius 3 is 2.36 bits per heavy atom. The Morgan fingerprint density at radius 1 is 1.04 bits per heavy atom. The van der Waals surface area contributed by atoms with Crippen molar-refractivity contribution in [2.24, 2.45) is 0 Å². The van der Waals surface area contributed by atoms with Crippen molar-refractivity contribution in [2.45, 2.75) is 20.3 Å². The normalized spacial score (nSPS) is 10.4. The van der Waals surface area contributed by atoms with Crippen LogP contribution in [0, 0.1) is 13.8 Å². The van der Waals surface area contributed by atoms with Crippen LogP contribution in [-0.2, 0) is 11.2 Å². The van der Waals surface area contributed by atoms with E-state index in [1.165, 1.54) is 11.3 Å². The molecule has 6 nitrogen and oxygen atoms in total. The number of hydrogen-bond acceptors (Lipinski definition) is 5. The number of carbonyl (C=O) groups is 2. The van der Waals surface area contributed by atoms with Crippen molar-refractivity contribution in [3.8, 4) is 5.75 Å². The van der Waals surface area contributed by atoms with Gasteiger partial charge in [0.05, 0.1) is 19.2 Å². The molecule has 0 radical (unpaired) electrons. The Bertz CT molecular complexity index is 976. The summed E-state index contributed by atoms with van der Waals surface area (Å²) in [6.45, 7) is 3.97. The van der Waals surface area contributed by atoms with Crippen molar-refractivity contribution in [3.63, 3.8) is 0 Å². The van der Waals surface area contributed by atoms with Crippen LogP contribution in [0.1, 0.15) is 27.2 Å². The zero-order chi connectivity index (χ0) is 20.1. The number of amides is 2.